The molecule has 1 aromatic carbocycles. The fourth-order valence-electron chi connectivity index (χ4n) is 1.45. The lowest BCUT2D eigenvalue weighted by molar-refractivity contribution is 0.444. The lowest BCUT2D eigenvalue weighted by atomic mass is 10.3. The molecule has 2 N–H and O–H groups in total. The number of benzene rings is 1. The number of aromatic nitrogens is 5. The zero-order chi connectivity index (χ0) is 12.5. The summed E-state index contributed by atoms with van der Waals surface area (Å²) < 4.78 is 7.97. The van der Waals surface area contributed by atoms with Crippen molar-refractivity contribution in [2.24, 2.45) is 0 Å². The molecule has 7 nitrogen and oxygen atoms in total. The molecule has 2 heterocycles. The number of rotatable bonds is 2. The fraction of sp³-hybridized carbons (Fsp3) is 0. The van der Waals surface area contributed by atoms with Gasteiger partial charge in [-0.25, -0.2) is 0 Å². The molecule has 8 heteroatoms. The van der Waals surface area contributed by atoms with Crippen LogP contribution in [0.2, 0.25) is 0 Å². The standard InChI is InChI=1S/C10H7BrN6O/c11-6-1-2-8(7(12)3-6)18-10-5-13-4-9-14-15-16-17(9)10/h1-5H,12H2. The minimum absolute atomic E-state index is 0.395. The largest absolute Gasteiger partial charge is 0.435 e. The van der Waals surface area contributed by atoms with Crippen molar-refractivity contribution >= 4 is 27.3 Å². The Morgan fingerprint density at radius 1 is 1.28 bits per heavy atom. The van der Waals surface area contributed by atoms with Crippen molar-refractivity contribution < 1.29 is 4.74 Å². The topological polar surface area (TPSA) is 91.2 Å². The van der Waals surface area contributed by atoms with Gasteiger partial charge in [0.2, 0.25) is 11.5 Å². The summed E-state index contributed by atoms with van der Waals surface area (Å²) in [5.41, 5.74) is 6.86. The normalized spacial score (nSPS) is 10.7. The summed E-state index contributed by atoms with van der Waals surface area (Å²) >= 11 is 3.33. The van der Waals surface area contributed by atoms with Gasteiger partial charge in [0.1, 0.15) is 0 Å². The van der Waals surface area contributed by atoms with Gasteiger partial charge in [0.05, 0.1) is 18.1 Å². The number of halogens is 1. The Balaban J connectivity index is 2.03. The van der Waals surface area contributed by atoms with E-state index in [1.807, 2.05) is 6.07 Å². The molecule has 18 heavy (non-hydrogen) atoms. The lowest BCUT2D eigenvalue weighted by Crippen LogP contribution is -1.99. The molecule has 0 radical (unpaired) electrons. The first-order valence-corrected chi connectivity index (χ1v) is 5.78. The summed E-state index contributed by atoms with van der Waals surface area (Å²) in [5, 5.41) is 11.1. The number of anilines is 1. The van der Waals surface area contributed by atoms with E-state index >= 15 is 0 Å². The molecule has 0 atom stereocenters. The molecule has 90 valence electrons. The van der Waals surface area contributed by atoms with Gasteiger partial charge in [-0.2, -0.15) is 4.52 Å². The Hall–Kier alpha value is -2.22. The quantitative estimate of drug-likeness (QED) is 0.724. The number of nitrogens with two attached hydrogens (primary N) is 1. The molecule has 2 aromatic heterocycles. The zero-order valence-corrected chi connectivity index (χ0v) is 10.6. The van der Waals surface area contributed by atoms with E-state index in [-0.39, 0.29) is 0 Å². The summed E-state index contributed by atoms with van der Waals surface area (Å²) in [5.74, 6) is 0.912. The maximum Gasteiger partial charge on any atom is 0.242 e. The summed E-state index contributed by atoms with van der Waals surface area (Å²) in [7, 11) is 0. The second-order valence-electron chi connectivity index (χ2n) is 3.48. The number of hydrogen-bond donors (Lipinski definition) is 1. The lowest BCUT2D eigenvalue weighted by Gasteiger charge is -2.08. The van der Waals surface area contributed by atoms with Crippen molar-refractivity contribution in [1.29, 1.82) is 0 Å². The molecule has 0 spiro atoms. The highest BCUT2D eigenvalue weighted by atomic mass is 79.9. The molecule has 0 saturated carbocycles. The van der Waals surface area contributed by atoms with Crippen LogP contribution in [-0.2, 0) is 0 Å². The third-order valence-electron chi connectivity index (χ3n) is 2.26. The van der Waals surface area contributed by atoms with E-state index in [0.717, 1.165) is 4.47 Å². The third kappa shape index (κ3) is 1.86. The van der Waals surface area contributed by atoms with Crippen molar-refractivity contribution in [1.82, 2.24) is 25.0 Å². The number of tetrazole rings is 1. The van der Waals surface area contributed by atoms with E-state index < -0.39 is 0 Å². The van der Waals surface area contributed by atoms with Gasteiger partial charge in [0, 0.05) is 4.47 Å². The van der Waals surface area contributed by atoms with Gasteiger partial charge in [0.15, 0.2) is 5.75 Å². The van der Waals surface area contributed by atoms with E-state index in [0.29, 0.717) is 23.0 Å². The summed E-state index contributed by atoms with van der Waals surface area (Å²) in [6.45, 7) is 0. The zero-order valence-electron chi connectivity index (χ0n) is 8.99. The van der Waals surface area contributed by atoms with Crippen LogP contribution in [0.4, 0.5) is 5.69 Å². The molecule has 3 rings (SSSR count). The predicted molar refractivity (Wildman–Crippen MR) is 67.2 cm³/mol. The van der Waals surface area contributed by atoms with Crippen molar-refractivity contribution in [3.05, 3.63) is 35.1 Å². The van der Waals surface area contributed by atoms with Crippen LogP contribution in [0.3, 0.4) is 0 Å². The monoisotopic (exact) mass is 306 g/mol. The number of nitrogens with zero attached hydrogens (tertiary/aromatic N) is 5. The van der Waals surface area contributed by atoms with Crippen LogP contribution in [0.5, 0.6) is 11.6 Å². The molecule has 3 aromatic rings. The van der Waals surface area contributed by atoms with Crippen LogP contribution < -0.4 is 10.5 Å². The number of ether oxygens (including phenoxy) is 1. The molecule has 0 saturated heterocycles. The van der Waals surface area contributed by atoms with Crippen molar-refractivity contribution in [2.75, 3.05) is 5.73 Å². The summed E-state index contributed by atoms with van der Waals surface area (Å²) in [4.78, 5) is 3.99. The molecule has 0 amide bonds. The van der Waals surface area contributed by atoms with Crippen LogP contribution in [0, 0.1) is 0 Å². The van der Waals surface area contributed by atoms with E-state index in [4.69, 9.17) is 10.5 Å². The van der Waals surface area contributed by atoms with Gasteiger partial charge in [-0.15, -0.1) is 5.10 Å². The van der Waals surface area contributed by atoms with E-state index in [1.165, 1.54) is 16.9 Å². The molecule has 0 aliphatic carbocycles. The average molecular weight is 307 g/mol. The van der Waals surface area contributed by atoms with Crippen molar-refractivity contribution in [2.45, 2.75) is 0 Å². The van der Waals surface area contributed by atoms with Gasteiger partial charge >= 0.3 is 0 Å². The second kappa shape index (κ2) is 4.22. The summed E-state index contributed by atoms with van der Waals surface area (Å²) in [6, 6.07) is 5.34. The number of fused-ring (bicyclic) bond motifs is 1. The average Bonchev–Trinajstić information content (AvgIpc) is 2.82. The molecular weight excluding hydrogens is 300 g/mol. The van der Waals surface area contributed by atoms with Crippen LogP contribution in [0.1, 0.15) is 0 Å². The number of hydrogen-bond acceptors (Lipinski definition) is 6. The second-order valence-corrected chi connectivity index (χ2v) is 4.39. The minimum Gasteiger partial charge on any atom is -0.435 e. The highest BCUT2D eigenvalue weighted by molar-refractivity contribution is 9.10. The maximum absolute atomic E-state index is 5.85. The van der Waals surface area contributed by atoms with Crippen LogP contribution in [-0.4, -0.2) is 25.0 Å². The Kier molecular flexibility index (Phi) is 2.56. The molecule has 0 aliphatic rings. The Labute approximate surface area is 110 Å². The highest BCUT2D eigenvalue weighted by Crippen LogP contribution is 2.29. The van der Waals surface area contributed by atoms with Crippen molar-refractivity contribution in [3.63, 3.8) is 0 Å². The minimum atomic E-state index is 0.395. The van der Waals surface area contributed by atoms with Gasteiger partial charge in [-0.05, 0) is 28.6 Å². The van der Waals surface area contributed by atoms with Gasteiger partial charge < -0.3 is 10.5 Å². The van der Waals surface area contributed by atoms with Crippen molar-refractivity contribution in [3.8, 4) is 11.6 Å². The predicted octanol–water partition coefficient (Wildman–Crippen LogP) is 1.66. The maximum atomic E-state index is 5.85. The Bertz CT molecular complexity index is 712. The van der Waals surface area contributed by atoms with E-state index in [1.54, 1.807) is 12.1 Å². The van der Waals surface area contributed by atoms with Crippen LogP contribution in [0.15, 0.2) is 35.1 Å². The summed E-state index contributed by atoms with van der Waals surface area (Å²) in [6.07, 6.45) is 3.06. The first kappa shape index (κ1) is 10.9. The van der Waals surface area contributed by atoms with Crippen LogP contribution >= 0.6 is 15.9 Å². The molecule has 0 unspecified atom stereocenters. The van der Waals surface area contributed by atoms with Gasteiger partial charge in [-0.1, -0.05) is 15.9 Å². The van der Waals surface area contributed by atoms with E-state index in [2.05, 4.69) is 36.4 Å². The molecule has 0 aliphatic heterocycles. The molecular formula is C10H7BrN6O. The van der Waals surface area contributed by atoms with Crippen LogP contribution in [0.25, 0.3) is 5.65 Å². The molecule has 0 bridgehead atoms. The third-order valence-corrected chi connectivity index (χ3v) is 2.76. The highest BCUT2D eigenvalue weighted by Gasteiger charge is 2.08. The van der Waals surface area contributed by atoms with E-state index in [9.17, 15) is 0 Å². The Morgan fingerprint density at radius 3 is 3.00 bits per heavy atom. The molecule has 0 fully saturated rings. The first-order valence-electron chi connectivity index (χ1n) is 4.99. The van der Waals surface area contributed by atoms with Gasteiger partial charge in [-0.3, -0.25) is 4.98 Å². The van der Waals surface area contributed by atoms with Gasteiger partial charge in [0.25, 0.3) is 0 Å². The fourth-order valence-corrected chi connectivity index (χ4v) is 1.83. The number of nitrogen functional groups attached to an aromatic ring is 1. The Morgan fingerprint density at radius 2 is 2.17 bits per heavy atom. The first-order chi connectivity index (χ1) is 8.74. The smallest absolute Gasteiger partial charge is 0.242 e. The SMILES string of the molecule is Nc1cc(Br)ccc1Oc1cncc2nnnn12.